The smallest absolute Gasteiger partial charge is 0.329 e. The first-order valence-electron chi connectivity index (χ1n) is 11.3. The minimum atomic E-state index is -0.00746. The van der Waals surface area contributed by atoms with Crippen molar-refractivity contribution >= 4 is 22.5 Å². The minimum absolute atomic E-state index is 0.00746. The molecule has 2 aromatic carbocycles. The summed E-state index contributed by atoms with van der Waals surface area (Å²) in [5.74, 6) is 1.52. The molecule has 4 aromatic rings. The summed E-state index contributed by atoms with van der Waals surface area (Å²) in [5.41, 5.74) is 4.85. The van der Waals surface area contributed by atoms with Crippen LogP contribution in [0.2, 0.25) is 0 Å². The van der Waals surface area contributed by atoms with Crippen LogP contribution in [-0.4, -0.2) is 27.3 Å². The number of benzene rings is 2. The fourth-order valence-corrected chi connectivity index (χ4v) is 4.37. The molecule has 1 aliphatic rings. The number of hydrogen-bond donors (Lipinski definition) is 1. The first kappa shape index (κ1) is 21.3. The van der Waals surface area contributed by atoms with E-state index in [1.807, 2.05) is 66.1 Å². The molecular weight excluding hydrogens is 416 g/mol. The van der Waals surface area contributed by atoms with Gasteiger partial charge in [0, 0.05) is 38.1 Å². The number of anilines is 2. The second kappa shape index (κ2) is 9.11. The van der Waals surface area contributed by atoms with Gasteiger partial charge in [0.15, 0.2) is 0 Å². The highest BCUT2D eigenvalue weighted by Crippen LogP contribution is 2.28. The van der Waals surface area contributed by atoms with Crippen LogP contribution in [-0.2, 0) is 18.4 Å². The predicted octanol–water partition coefficient (Wildman–Crippen LogP) is 4.72. The molecule has 0 spiro atoms. The van der Waals surface area contributed by atoms with E-state index < -0.39 is 0 Å². The highest BCUT2D eigenvalue weighted by molar-refractivity contribution is 5.79. The Hall–Kier alpha value is -3.58. The van der Waals surface area contributed by atoms with Gasteiger partial charge in [-0.3, -0.25) is 9.13 Å². The summed E-state index contributed by atoms with van der Waals surface area (Å²) < 4.78 is 15.0. The van der Waals surface area contributed by atoms with Crippen molar-refractivity contribution in [2.24, 2.45) is 7.05 Å². The van der Waals surface area contributed by atoms with Crippen molar-refractivity contribution in [1.82, 2.24) is 14.1 Å². The van der Waals surface area contributed by atoms with Gasteiger partial charge in [0.25, 0.3) is 0 Å². The molecule has 0 unspecified atom stereocenters. The lowest BCUT2D eigenvalue weighted by atomic mass is 10.1. The second-order valence-electron chi connectivity index (χ2n) is 8.49. The molecule has 3 heterocycles. The number of fused-ring (bicyclic) bond motifs is 1. The molecule has 170 valence electrons. The number of hydrogen-bond acceptors (Lipinski definition) is 5. The van der Waals surface area contributed by atoms with Crippen molar-refractivity contribution < 1.29 is 9.47 Å². The largest absolute Gasteiger partial charge is 0.489 e. The summed E-state index contributed by atoms with van der Waals surface area (Å²) >= 11 is 0. The standard InChI is InChI=1S/C26H28N4O3/c1-18-14-21(33-17-19-6-4-3-5-7-19)8-9-22(18)28-25-15-23-24(16-27-25)29(2)26(31)30(23)20-10-12-32-13-11-20/h3-9,14-16,20H,10-13,17H2,1-2H3,(H,27,28). The maximum Gasteiger partial charge on any atom is 0.329 e. The lowest BCUT2D eigenvalue weighted by molar-refractivity contribution is 0.0696. The predicted molar refractivity (Wildman–Crippen MR) is 129 cm³/mol. The zero-order valence-corrected chi connectivity index (χ0v) is 19.0. The molecule has 0 bridgehead atoms. The van der Waals surface area contributed by atoms with E-state index in [4.69, 9.17) is 9.47 Å². The summed E-state index contributed by atoms with van der Waals surface area (Å²) in [7, 11) is 1.80. The Morgan fingerprint density at radius 1 is 1.09 bits per heavy atom. The molecule has 5 rings (SSSR count). The Kier molecular flexibility index (Phi) is 5.88. The molecule has 2 aromatic heterocycles. The van der Waals surface area contributed by atoms with E-state index in [1.165, 1.54) is 0 Å². The highest BCUT2D eigenvalue weighted by atomic mass is 16.5. The Labute approximate surface area is 192 Å². The average molecular weight is 445 g/mol. The fraction of sp³-hybridized carbons (Fsp3) is 0.308. The second-order valence-corrected chi connectivity index (χ2v) is 8.49. The van der Waals surface area contributed by atoms with Crippen LogP contribution >= 0.6 is 0 Å². The van der Waals surface area contributed by atoms with Gasteiger partial charge in [0.2, 0.25) is 0 Å². The summed E-state index contributed by atoms with van der Waals surface area (Å²) in [6.45, 7) is 3.93. The monoisotopic (exact) mass is 444 g/mol. The molecule has 1 aliphatic heterocycles. The maximum absolute atomic E-state index is 12.9. The van der Waals surface area contributed by atoms with Crippen LogP contribution in [0.5, 0.6) is 5.75 Å². The number of rotatable bonds is 6. The molecule has 0 atom stereocenters. The maximum atomic E-state index is 12.9. The van der Waals surface area contributed by atoms with Crippen molar-refractivity contribution in [2.75, 3.05) is 18.5 Å². The lowest BCUT2D eigenvalue weighted by Gasteiger charge is -2.23. The highest BCUT2D eigenvalue weighted by Gasteiger charge is 2.22. The summed E-state index contributed by atoms with van der Waals surface area (Å²) in [6.07, 6.45) is 3.45. The normalized spacial score (nSPS) is 14.5. The molecule has 7 heteroatoms. The van der Waals surface area contributed by atoms with Crippen LogP contribution in [0.3, 0.4) is 0 Å². The number of nitrogens with zero attached hydrogens (tertiary/aromatic N) is 3. The van der Waals surface area contributed by atoms with Gasteiger partial charge in [0.05, 0.1) is 17.2 Å². The average Bonchev–Trinajstić information content (AvgIpc) is 3.10. The molecule has 1 saturated heterocycles. The summed E-state index contributed by atoms with van der Waals surface area (Å²) in [4.78, 5) is 17.5. The summed E-state index contributed by atoms with van der Waals surface area (Å²) in [6, 6.07) is 18.2. The van der Waals surface area contributed by atoms with Crippen LogP contribution in [0.1, 0.15) is 30.0 Å². The fourth-order valence-electron chi connectivity index (χ4n) is 4.37. The van der Waals surface area contributed by atoms with Crippen LogP contribution in [0.4, 0.5) is 11.5 Å². The Balaban J connectivity index is 1.38. The first-order valence-corrected chi connectivity index (χ1v) is 11.3. The number of nitrogens with one attached hydrogen (secondary N) is 1. The van der Waals surface area contributed by atoms with Crippen LogP contribution in [0.25, 0.3) is 11.0 Å². The van der Waals surface area contributed by atoms with Crippen LogP contribution in [0.15, 0.2) is 65.6 Å². The van der Waals surface area contributed by atoms with Gasteiger partial charge in [-0.15, -0.1) is 0 Å². The number of imidazole rings is 1. The Morgan fingerprint density at radius 3 is 2.64 bits per heavy atom. The topological polar surface area (TPSA) is 70.3 Å². The number of aryl methyl sites for hydroxylation is 2. The lowest BCUT2D eigenvalue weighted by Crippen LogP contribution is -2.29. The van der Waals surface area contributed by atoms with E-state index in [2.05, 4.69) is 10.3 Å². The third kappa shape index (κ3) is 4.36. The van der Waals surface area contributed by atoms with Gasteiger partial charge in [-0.1, -0.05) is 30.3 Å². The van der Waals surface area contributed by atoms with E-state index in [-0.39, 0.29) is 11.7 Å². The van der Waals surface area contributed by atoms with E-state index >= 15 is 0 Å². The van der Waals surface area contributed by atoms with Gasteiger partial charge < -0.3 is 14.8 Å². The minimum Gasteiger partial charge on any atom is -0.489 e. The van der Waals surface area contributed by atoms with Crippen molar-refractivity contribution in [1.29, 1.82) is 0 Å². The van der Waals surface area contributed by atoms with Crippen LogP contribution in [0, 0.1) is 6.92 Å². The van der Waals surface area contributed by atoms with Gasteiger partial charge >= 0.3 is 5.69 Å². The third-order valence-electron chi connectivity index (χ3n) is 6.24. The molecule has 0 amide bonds. The van der Waals surface area contributed by atoms with Crippen molar-refractivity contribution in [3.8, 4) is 5.75 Å². The van der Waals surface area contributed by atoms with Crippen molar-refractivity contribution in [3.05, 3.63) is 82.4 Å². The molecule has 33 heavy (non-hydrogen) atoms. The van der Waals surface area contributed by atoms with E-state index in [0.717, 1.165) is 46.4 Å². The van der Waals surface area contributed by atoms with Gasteiger partial charge in [-0.2, -0.15) is 0 Å². The zero-order valence-electron chi connectivity index (χ0n) is 19.0. The van der Waals surface area contributed by atoms with Gasteiger partial charge in [-0.05, 0) is 49.1 Å². The van der Waals surface area contributed by atoms with E-state index in [1.54, 1.807) is 17.8 Å². The molecule has 0 saturated carbocycles. The van der Waals surface area contributed by atoms with Gasteiger partial charge in [0.1, 0.15) is 18.2 Å². The third-order valence-corrected chi connectivity index (χ3v) is 6.24. The Bertz CT molecular complexity index is 1320. The van der Waals surface area contributed by atoms with Crippen molar-refractivity contribution in [2.45, 2.75) is 32.4 Å². The summed E-state index contributed by atoms with van der Waals surface area (Å²) in [5, 5.41) is 3.41. The molecule has 0 aliphatic carbocycles. The first-order chi connectivity index (χ1) is 16.1. The molecular formula is C26H28N4O3. The van der Waals surface area contributed by atoms with E-state index in [0.29, 0.717) is 25.6 Å². The SMILES string of the molecule is Cc1cc(OCc2ccccc2)ccc1Nc1cc2c(cn1)n(C)c(=O)n2C1CCOCC1. The zero-order chi connectivity index (χ0) is 22.8. The van der Waals surface area contributed by atoms with Crippen molar-refractivity contribution in [3.63, 3.8) is 0 Å². The molecule has 0 radical (unpaired) electrons. The van der Waals surface area contributed by atoms with E-state index in [9.17, 15) is 4.79 Å². The quantitative estimate of drug-likeness (QED) is 0.466. The van der Waals surface area contributed by atoms with Gasteiger partial charge in [-0.25, -0.2) is 9.78 Å². The molecule has 1 fully saturated rings. The van der Waals surface area contributed by atoms with Crippen LogP contribution < -0.4 is 15.7 Å². The Morgan fingerprint density at radius 2 is 1.88 bits per heavy atom. The molecule has 1 N–H and O–H groups in total. The molecule has 7 nitrogen and oxygen atoms in total. The number of aromatic nitrogens is 3. The number of ether oxygens (including phenoxy) is 2. The number of pyridine rings is 1.